The number of likely N-dealkylation sites (tertiary alicyclic amines) is 1. The number of piperidine rings is 1. The summed E-state index contributed by atoms with van der Waals surface area (Å²) in [5.74, 6) is -0.354. The van der Waals surface area contributed by atoms with Crippen LogP contribution in [0, 0.1) is 0 Å². The number of methoxy groups -OCH3 is 1. The van der Waals surface area contributed by atoms with Crippen LogP contribution in [0.3, 0.4) is 0 Å². The van der Waals surface area contributed by atoms with Crippen LogP contribution in [0.15, 0.2) is 30.3 Å². The summed E-state index contributed by atoms with van der Waals surface area (Å²) in [6.07, 6.45) is 1.36. The summed E-state index contributed by atoms with van der Waals surface area (Å²) in [5.41, 5.74) is 1.09. The standard InChI is InChI=1S/C18H23N3O4S/c1-24-16(22)11-19-17(26)20-9-7-14(8-10-20)21-15(12-25-18(21)23)13-5-3-2-4-6-13/h2-6,14-15H,7-12H2,1H3,(H,19,26). The number of nitrogens with one attached hydrogen (secondary N) is 1. The summed E-state index contributed by atoms with van der Waals surface area (Å²) in [7, 11) is 1.34. The summed E-state index contributed by atoms with van der Waals surface area (Å²) in [6, 6.07) is 10.1. The number of thiocarbonyl (C=S) groups is 1. The van der Waals surface area contributed by atoms with E-state index in [-0.39, 0.29) is 30.7 Å². The van der Waals surface area contributed by atoms with E-state index in [4.69, 9.17) is 17.0 Å². The summed E-state index contributed by atoms with van der Waals surface area (Å²) >= 11 is 5.34. The van der Waals surface area contributed by atoms with Gasteiger partial charge < -0.3 is 19.7 Å². The van der Waals surface area contributed by atoms with Gasteiger partial charge >= 0.3 is 12.1 Å². The van der Waals surface area contributed by atoms with Crippen LogP contribution in [0.2, 0.25) is 0 Å². The molecule has 2 saturated heterocycles. The fraction of sp³-hybridized carbons (Fsp3) is 0.500. The lowest BCUT2D eigenvalue weighted by Crippen LogP contribution is -2.50. The molecule has 3 rings (SSSR count). The third kappa shape index (κ3) is 4.07. The zero-order valence-electron chi connectivity index (χ0n) is 14.7. The molecule has 0 bridgehead atoms. The number of hydrogen-bond acceptors (Lipinski definition) is 5. The van der Waals surface area contributed by atoms with E-state index in [1.165, 1.54) is 7.11 Å². The van der Waals surface area contributed by atoms with Crippen LogP contribution in [0.1, 0.15) is 24.4 Å². The molecule has 2 aliphatic rings. The van der Waals surface area contributed by atoms with Gasteiger partial charge in [-0.1, -0.05) is 30.3 Å². The van der Waals surface area contributed by atoms with Crippen molar-refractivity contribution in [1.82, 2.24) is 15.1 Å². The molecular weight excluding hydrogens is 354 g/mol. The minimum atomic E-state index is -0.354. The Hall–Kier alpha value is -2.35. The van der Waals surface area contributed by atoms with Crippen molar-refractivity contribution in [2.45, 2.75) is 24.9 Å². The monoisotopic (exact) mass is 377 g/mol. The van der Waals surface area contributed by atoms with E-state index in [0.717, 1.165) is 31.5 Å². The summed E-state index contributed by atoms with van der Waals surface area (Å²) in [5, 5.41) is 3.45. The minimum absolute atomic E-state index is 0.0374. The van der Waals surface area contributed by atoms with E-state index in [1.807, 2.05) is 40.1 Å². The van der Waals surface area contributed by atoms with Crippen molar-refractivity contribution in [3.8, 4) is 0 Å². The maximum Gasteiger partial charge on any atom is 0.410 e. The number of hydrogen-bond donors (Lipinski definition) is 1. The third-order valence-corrected chi connectivity index (χ3v) is 5.25. The van der Waals surface area contributed by atoms with Gasteiger partial charge in [0.25, 0.3) is 0 Å². The molecule has 1 atom stereocenters. The number of esters is 1. The van der Waals surface area contributed by atoms with E-state index in [1.54, 1.807) is 0 Å². The lowest BCUT2D eigenvalue weighted by Gasteiger charge is -2.38. The normalized spacial score (nSPS) is 20.7. The molecule has 140 valence electrons. The largest absolute Gasteiger partial charge is 0.468 e. The topological polar surface area (TPSA) is 71.1 Å². The Balaban J connectivity index is 1.57. The second-order valence-corrected chi connectivity index (χ2v) is 6.75. The molecule has 2 fully saturated rings. The highest BCUT2D eigenvalue weighted by Gasteiger charge is 2.40. The molecule has 1 aromatic carbocycles. The van der Waals surface area contributed by atoms with Crippen molar-refractivity contribution in [2.24, 2.45) is 0 Å². The van der Waals surface area contributed by atoms with Crippen LogP contribution < -0.4 is 5.32 Å². The Morgan fingerprint density at radius 1 is 1.31 bits per heavy atom. The van der Waals surface area contributed by atoms with Gasteiger partial charge in [-0.05, 0) is 30.6 Å². The molecule has 1 aromatic rings. The number of nitrogens with zero attached hydrogens (tertiary/aromatic N) is 2. The molecule has 1 amide bonds. The Morgan fingerprint density at radius 2 is 2.00 bits per heavy atom. The molecule has 0 aromatic heterocycles. The molecular formula is C18H23N3O4S. The number of cyclic esters (lactones) is 1. The van der Waals surface area contributed by atoms with Crippen molar-refractivity contribution in [3.63, 3.8) is 0 Å². The summed E-state index contributed by atoms with van der Waals surface area (Å²) in [6.45, 7) is 1.90. The van der Waals surface area contributed by atoms with E-state index >= 15 is 0 Å². The van der Waals surface area contributed by atoms with Crippen molar-refractivity contribution < 1.29 is 19.1 Å². The first-order valence-corrected chi connectivity index (χ1v) is 9.10. The zero-order valence-corrected chi connectivity index (χ0v) is 15.5. The highest BCUT2D eigenvalue weighted by molar-refractivity contribution is 7.80. The average molecular weight is 377 g/mol. The number of amides is 1. The molecule has 1 N–H and O–H groups in total. The molecule has 0 spiro atoms. The predicted molar refractivity (Wildman–Crippen MR) is 99.6 cm³/mol. The van der Waals surface area contributed by atoms with Crippen molar-refractivity contribution in [1.29, 1.82) is 0 Å². The summed E-state index contributed by atoms with van der Waals surface area (Å²) < 4.78 is 9.92. The smallest absolute Gasteiger partial charge is 0.410 e. The molecule has 2 aliphatic heterocycles. The average Bonchev–Trinajstić information content (AvgIpc) is 3.08. The second-order valence-electron chi connectivity index (χ2n) is 6.36. The number of benzene rings is 1. The van der Waals surface area contributed by atoms with Gasteiger partial charge in [0.05, 0.1) is 13.2 Å². The quantitative estimate of drug-likeness (QED) is 0.632. The molecule has 1 unspecified atom stereocenters. The van der Waals surface area contributed by atoms with Gasteiger partial charge in [-0.3, -0.25) is 9.69 Å². The molecule has 2 heterocycles. The molecule has 0 radical (unpaired) electrons. The first-order valence-electron chi connectivity index (χ1n) is 8.69. The fourth-order valence-corrected chi connectivity index (χ4v) is 3.70. The van der Waals surface area contributed by atoms with Gasteiger partial charge in [0, 0.05) is 19.1 Å². The van der Waals surface area contributed by atoms with Gasteiger partial charge in [-0.25, -0.2) is 4.79 Å². The van der Waals surface area contributed by atoms with Crippen molar-refractivity contribution in [2.75, 3.05) is 33.4 Å². The SMILES string of the molecule is COC(=O)CNC(=S)N1CCC(N2C(=O)OCC2c2ccccc2)CC1. The minimum Gasteiger partial charge on any atom is -0.468 e. The van der Waals surface area contributed by atoms with Gasteiger partial charge in [0.2, 0.25) is 0 Å². The van der Waals surface area contributed by atoms with Crippen LogP contribution in [-0.4, -0.2) is 66.4 Å². The second kappa shape index (κ2) is 8.35. The van der Waals surface area contributed by atoms with E-state index in [9.17, 15) is 9.59 Å². The van der Waals surface area contributed by atoms with Crippen LogP contribution in [0.4, 0.5) is 4.79 Å². The van der Waals surface area contributed by atoms with E-state index in [0.29, 0.717) is 11.7 Å². The van der Waals surface area contributed by atoms with Crippen LogP contribution in [-0.2, 0) is 14.3 Å². The molecule has 7 nitrogen and oxygen atoms in total. The van der Waals surface area contributed by atoms with Crippen LogP contribution >= 0.6 is 12.2 Å². The fourth-order valence-electron chi connectivity index (χ4n) is 3.45. The zero-order chi connectivity index (χ0) is 18.5. The molecule has 0 saturated carbocycles. The lowest BCUT2D eigenvalue weighted by molar-refractivity contribution is -0.139. The Bertz CT molecular complexity index is 662. The maximum atomic E-state index is 12.3. The predicted octanol–water partition coefficient (Wildman–Crippen LogP) is 1.69. The molecule has 8 heteroatoms. The van der Waals surface area contributed by atoms with E-state index in [2.05, 4.69) is 10.1 Å². The number of rotatable bonds is 4. The highest BCUT2D eigenvalue weighted by Crippen LogP contribution is 2.33. The van der Waals surface area contributed by atoms with Gasteiger partial charge in [0.15, 0.2) is 5.11 Å². The van der Waals surface area contributed by atoms with Crippen LogP contribution in [0.25, 0.3) is 0 Å². The summed E-state index contributed by atoms with van der Waals surface area (Å²) in [4.78, 5) is 27.4. The van der Waals surface area contributed by atoms with Crippen LogP contribution in [0.5, 0.6) is 0 Å². The van der Waals surface area contributed by atoms with Gasteiger partial charge in [-0.15, -0.1) is 0 Å². The highest BCUT2D eigenvalue weighted by atomic mass is 32.1. The first kappa shape index (κ1) is 18.4. The number of carbonyl (C=O) groups is 2. The molecule has 26 heavy (non-hydrogen) atoms. The van der Waals surface area contributed by atoms with Gasteiger partial charge in [-0.2, -0.15) is 0 Å². The van der Waals surface area contributed by atoms with Crippen molar-refractivity contribution >= 4 is 29.4 Å². The lowest BCUT2D eigenvalue weighted by atomic mass is 9.99. The first-order chi connectivity index (χ1) is 12.6. The number of ether oxygens (including phenoxy) is 2. The Labute approximate surface area is 158 Å². The van der Waals surface area contributed by atoms with E-state index < -0.39 is 0 Å². The Kier molecular flexibility index (Phi) is 5.92. The third-order valence-electron chi connectivity index (χ3n) is 4.85. The number of carbonyl (C=O) groups excluding carboxylic acids is 2. The van der Waals surface area contributed by atoms with Crippen molar-refractivity contribution in [3.05, 3.63) is 35.9 Å². The van der Waals surface area contributed by atoms with Gasteiger partial charge in [0.1, 0.15) is 13.2 Å². The maximum absolute atomic E-state index is 12.3. The Morgan fingerprint density at radius 3 is 2.65 bits per heavy atom. The molecule has 0 aliphatic carbocycles.